The first-order valence-electron chi connectivity index (χ1n) is 11.6. The second-order valence-electron chi connectivity index (χ2n) is 7.96. The van der Waals surface area contributed by atoms with Gasteiger partial charge < -0.3 is 15.4 Å². The fraction of sp³-hybridized carbons (Fsp3) is 0.286. The molecule has 33 heavy (non-hydrogen) atoms. The molecule has 0 saturated carbocycles. The lowest BCUT2D eigenvalue weighted by Gasteiger charge is -2.12. The van der Waals surface area contributed by atoms with Crippen molar-refractivity contribution in [1.82, 2.24) is 5.32 Å². The smallest absolute Gasteiger partial charge is 0.255 e. The summed E-state index contributed by atoms with van der Waals surface area (Å²) in [5, 5.41) is 5.76. The number of amides is 2. The molecule has 3 aromatic carbocycles. The fourth-order valence-corrected chi connectivity index (χ4v) is 3.46. The molecule has 0 bridgehead atoms. The van der Waals surface area contributed by atoms with E-state index in [4.69, 9.17) is 4.74 Å². The molecule has 3 rings (SSSR count). The Morgan fingerprint density at radius 2 is 1.45 bits per heavy atom. The number of anilines is 1. The number of rotatable bonds is 12. The van der Waals surface area contributed by atoms with Crippen LogP contribution in [0.1, 0.15) is 65.3 Å². The van der Waals surface area contributed by atoms with Gasteiger partial charge in [-0.15, -0.1) is 0 Å². The van der Waals surface area contributed by atoms with Crippen LogP contribution in [-0.2, 0) is 6.54 Å². The van der Waals surface area contributed by atoms with Crippen molar-refractivity contribution in [2.24, 2.45) is 0 Å². The van der Waals surface area contributed by atoms with E-state index >= 15 is 0 Å². The molecule has 3 aromatic rings. The quantitative estimate of drug-likeness (QED) is 0.326. The Morgan fingerprint density at radius 1 is 0.758 bits per heavy atom. The van der Waals surface area contributed by atoms with E-state index in [-0.39, 0.29) is 11.8 Å². The van der Waals surface area contributed by atoms with Crippen molar-refractivity contribution >= 4 is 17.5 Å². The Bertz CT molecular complexity index is 1020. The molecule has 0 aliphatic carbocycles. The second kappa shape index (κ2) is 13.1. The van der Waals surface area contributed by atoms with E-state index in [1.165, 1.54) is 25.7 Å². The molecule has 0 aliphatic heterocycles. The number of unbranched alkanes of at least 4 members (excludes halogenated alkanes) is 4. The van der Waals surface area contributed by atoms with Crippen LogP contribution < -0.4 is 15.4 Å². The van der Waals surface area contributed by atoms with Gasteiger partial charge in [-0.05, 0) is 48.4 Å². The summed E-state index contributed by atoms with van der Waals surface area (Å²) in [6.45, 7) is 3.30. The Morgan fingerprint density at radius 3 is 2.21 bits per heavy atom. The number of hydrogen-bond donors (Lipinski definition) is 2. The predicted octanol–water partition coefficient (Wildman–Crippen LogP) is 6.22. The highest BCUT2D eigenvalue weighted by Gasteiger charge is 2.14. The van der Waals surface area contributed by atoms with Crippen LogP contribution in [0.2, 0.25) is 0 Å². The van der Waals surface area contributed by atoms with Gasteiger partial charge in [0.2, 0.25) is 0 Å². The van der Waals surface area contributed by atoms with Crippen LogP contribution in [0, 0.1) is 0 Å². The Kier molecular flexibility index (Phi) is 9.52. The van der Waals surface area contributed by atoms with E-state index in [1.807, 2.05) is 30.3 Å². The maximum atomic E-state index is 12.8. The minimum Gasteiger partial charge on any atom is -0.494 e. The van der Waals surface area contributed by atoms with Crippen molar-refractivity contribution < 1.29 is 14.3 Å². The number of carbonyl (C=O) groups excluding carboxylic acids is 2. The highest BCUT2D eigenvalue weighted by atomic mass is 16.5. The van der Waals surface area contributed by atoms with Crippen LogP contribution in [0.4, 0.5) is 5.69 Å². The third-order valence-electron chi connectivity index (χ3n) is 5.35. The zero-order chi connectivity index (χ0) is 23.3. The summed E-state index contributed by atoms with van der Waals surface area (Å²) in [4.78, 5) is 25.5. The number of ether oxygens (including phenoxy) is 1. The Labute approximate surface area is 196 Å². The summed E-state index contributed by atoms with van der Waals surface area (Å²) in [6, 6.07) is 23.8. The highest BCUT2D eigenvalue weighted by molar-refractivity contribution is 6.09. The summed E-state index contributed by atoms with van der Waals surface area (Å²) in [5.74, 6) is 0.240. The van der Waals surface area contributed by atoms with Gasteiger partial charge in [-0.25, -0.2) is 0 Å². The zero-order valence-corrected chi connectivity index (χ0v) is 19.2. The monoisotopic (exact) mass is 444 g/mol. The largest absolute Gasteiger partial charge is 0.494 e. The number of nitrogens with one attached hydrogen (secondary N) is 2. The minimum atomic E-state index is -0.274. The van der Waals surface area contributed by atoms with E-state index < -0.39 is 0 Å². The molecule has 0 heterocycles. The molecule has 2 amide bonds. The minimum absolute atomic E-state index is 0.238. The number of benzene rings is 3. The maximum absolute atomic E-state index is 12.8. The summed E-state index contributed by atoms with van der Waals surface area (Å²) < 4.78 is 5.77. The molecule has 5 nitrogen and oxygen atoms in total. The number of hydrogen-bond acceptors (Lipinski definition) is 3. The standard InChI is InChI=1S/C28H32N2O3/c1-2-3-4-5-11-20-33-24-18-16-23(17-19-24)27(31)30-26-15-10-9-14-25(26)28(32)29-21-22-12-7-6-8-13-22/h6-10,12-19H,2-5,11,20-21H2,1H3,(H,29,32)(H,30,31). The van der Waals surface area contributed by atoms with E-state index in [2.05, 4.69) is 17.6 Å². The van der Waals surface area contributed by atoms with Gasteiger partial charge in [-0.2, -0.15) is 0 Å². The van der Waals surface area contributed by atoms with E-state index in [0.29, 0.717) is 30.0 Å². The molecular formula is C28H32N2O3. The van der Waals surface area contributed by atoms with Crippen LogP contribution in [0.15, 0.2) is 78.9 Å². The van der Waals surface area contributed by atoms with Crippen LogP contribution in [-0.4, -0.2) is 18.4 Å². The van der Waals surface area contributed by atoms with Gasteiger partial charge in [0.05, 0.1) is 17.9 Å². The lowest BCUT2D eigenvalue weighted by Crippen LogP contribution is -2.24. The molecule has 0 aliphatic rings. The molecule has 0 atom stereocenters. The van der Waals surface area contributed by atoms with Crippen molar-refractivity contribution in [3.05, 3.63) is 95.6 Å². The normalized spacial score (nSPS) is 10.5. The topological polar surface area (TPSA) is 67.4 Å². The molecule has 2 N–H and O–H groups in total. The number of carbonyl (C=O) groups is 2. The van der Waals surface area contributed by atoms with Gasteiger partial charge in [-0.3, -0.25) is 9.59 Å². The zero-order valence-electron chi connectivity index (χ0n) is 19.2. The summed E-state index contributed by atoms with van der Waals surface area (Å²) in [5.41, 5.74) is 2.41. The molecule has 5 heteroatoms. The van der Waals surface area contributed by atoms with Gasteiger partial charge in [0.15, 0.2) is 0 Å². The fourth-order valence-electron chi connectivity index (χ4n) is 3.46. The summed E-state index contributed by atoms with van der Waals surface area (Å²) in [6.07, 6.45) is 5.94. The molecule has 0 spiro atoms. The summed E-state index contributed by atoms with van der Waals surface area (Å²) in [7, 11) is 0. The SMILES string of the molecule is CCCCCCCOc1ccc(C(=O)Nc2ccccc2C(=O)NCc2ccccc2)cc1. The summed E-state index contributed by atoms with van der Waals surface area (Å²) >= 11 is 0. The third kappa shape index (κ3) is 7.79. The van der Waals surface area contributed by atoms with Crippen LogP contribution >= 0.6 is 0 Å². The van der Waals surface area contributed by atoms with Crippen molar-refractivity contribution in [3.8, 4) is 5.75 Å². The van der Waals surface area contributed by atoms with Gasteiger partial charge in [-0.1, -0.05) is 75.1 Å². The molecule has 0 radical (unpaired) electrons. The first-order chi connectivity index (χ1) is 16.2. The Hall–Kier alpha value is -3.60. The molecule has 0 saturated heterocycles. The first-order valence-corrected chi connectivity index (χ1v) is 11.6. The lowest BCUT2D eigenvalue weighted by molar-refractivity contribution is 0.0952. The third-order valence-corrected chi connectivity index (χ3v) is 5.35. The second-order valence-corrected chi connectivity index (χ2v) is 7.96. The van der Waals surface area contributed by atoms with Crippen molar-refractivity contribution in [3.63, 3.8) is 0 Å². The average molecular weight is 445 g/mol. The van der Waals surface area contributed by atoms with E-state index in [0.717, 1.165) is 17.7 Å². The molecular weight excluding hydrogens is 412 g/mol. The van der Waals surface area contributed by atoms with Gasteiger partial charge in [0.25, 0.3) is 11.8 Å². The lowest BCUT2D eigenvalue weighted by atomic mass is 10.1. The van der Waals surface area contributed by atoms with Crippen molar-refractivity contribution in [2.45, 2.75) is 45.6 Å². The highest BCUT2D eigenvalue weighted by Crippen LogP contribution is 2.18. The van der Waals surface area contributed by atoms with E-state index in [1.54, 1.807) is 48.5 Å². The van der Waals surface area contributed by atoms with Crippen molar-refractivity contribution in [1.29, 1.82) is 0 Å². The van der Waals surface area contributed by atoms with Crippen LogP contribution in [0.3, 0.4) is 0 Å². The van der Waals surface area contributed by atoms with Crippen LogP contribution in [0.25, 0.3) is 0 Å². The van der Waals surface area contributed by atoms with Gasteiger partial charge >= 0.3 is 0 Å². The van der Waals surface area contributed by atoms with Gasteiger partial charge in [0.1, 0.15) is 5.75 Å². The molecule has 172 valence electrons. The predicted molar refractivity (Wildman–Crippen MR) is 133 cm³/mol. The molecule has 0 fully saturated rings. The van der Waals surface area contributed by atoms with E-state index in [9.17, 15) is 9.59 Å². The average Bonchev–Trinajstić information content (AvgIpc) is 2.86. The van der Waals surface area contributed by atoms with Crippen molar-refractivity contribution in [2.75, 3.05) is 11.9 Å². The number of para-hydroxylation sites is 1. The maximum Gasteiger partial charge on any atom is 0.255 e. The first kappa shape index (κ1) is 24.1. The van der Waals surface area contributed by atoms with Crippen LogP contribution in [0.5, 0.6) is 5.75 Å². The molecule has 0 aromatic heterocycles. The van der Waals surface area contributed by atoms with Gasteiger partial charge in [0, 0.05) is 12.1 Å². The molecule has 0 unspecified atom stereocenters. The Balaban J connectivity index is 1.54.